The molecule has 0 aliphatic carbocycles. The number of nitrogens with two attached hydrogens (primary N) is 1. The Hall–Kier alpha value is 1.34. The number of hydrogen-bond donors (Lipinski definition) is 1. The standard InChI is InChI=1S/C3H7N.K.H/c1-2-3-4;;/h2H,1,3-4H2;;. The van der Waals surface area contributed by atoms with Crippen molar-refractivity contribution in [2.45, 2.75) is 0 Å². The second-order valence-electron chi connectivity index (χ2n) is 0.524. The maximum atomic E-state index is 4.91. The van der Waals surface area contributed by atoms with Gasteiger partial charge in [-0.25, -0.2) is 0 Å². The van der Waals surface area contributed by atoms with Gasteiger partial charge < -0.3 is 5.73 Å². The van der Waals surface area contributed by atoms with Crippen molar-refractivity contribution in [3.63, 3.8) is 0 Å². The van der Waals surface area contributed by atoms with Gasteiger partial charge in [0.05, 0.1) is 0 Å². The molecule has 0 aromatic carbocycles. The van der Waals surface area contributed by atoms with Crippen LogP contribution in [-0.4, -0.2) is 57.9 Å². The first kappa shape index (κ1) is 9.60. The molecule has 26 valence electrons. The van der Waals surface area contributed by atoms with Crippen molar-refractivity contribution in [2.24, 2.45) is 5.73 Å². The van der Waals surface area contributed by atoms with Gasteiger partial charge in [0.15, 0.2) is 0 Å². The van der Waals surface area contributed by atoms with Crippen LogP contribution in [0.4, 0.5) is 0 Å². The normalized spacial score (nSPS) is 5.00. The zero-order valence-corrected chi connectivity index (χ0v) is 2.57. The SMILES string of the molecule is C=CCN.[KH]. The van der Waals surface area contributed by atoms with Crippen LogP contribution >= 0.6 is 0 Å². The van der Waals surface area contributed by atoms with Crippen LogP contribution in [0.5, 0.6) is 0 Å². The molecule has 0 saturated carbocycles. The second kappa shape index (κ2) is 9.01. The van der Waals surface area contributed by atoms with Gasteiger partial charge in [0.2, 0.25) is 0 Å². The van der Waals surface area contributed by atoms with Gasteiger partial charge in [0.25, 0.3) is 0 Å². The van der Waals surface area contributed by atoms with Crippen LogP contribution in [0.25, 0.3) is 0 Å². The first-order chi connectivity index (χ1) is 1.91. The summed E-state index contributed by atoms with van der Waals surface area (Å²) in [5.41, 5.74) is 4.91. The zero-order valence-electron chi connectivity index (χ0n) is 2.57. The Bertz CT molecular complexity index is 20.9. The third-order valence-electron chi connectivity index (χ3n) is 0.167. The van der Waals surface area contributed by atoms with Crippen LogP contribution in [0.1, 0.15) is 0 Å². The number of hydrogen-bond acceptors (Lipinski definition) is 1. The fourth-order valence-electron chi connectivity index (χ4n) is 0. The molecule has 2 N–H and O–H groups in total. The molecule has 0 aromatic rings. The minimum atomic E-state index is 0. The molecule has 0 heterocycles. The monoisotopic (exact) mass is 97.0 g/mol. The van der Waals surface area contributed by atoms with E-state index in [0.29, 0.717) is 6.54 Å². The summed E-state index contributed by atoms with van der Waals surface area (Å²) in [5.74, 6) is 0. The average Bonchev–Trinajstić information content (AvgIpc) is 1.37. The first-order valence-corrected chi connectivity index (χ1v) is 1.22. The molecular formula is C3H8KN. The van der Waals surface area contributed by atoms with Crippen molar-refractivity contribution in [3.8, 4) is 0 Å². The van der Waals surface area contributed by atoms with Crippen molar-refractivity contribution < 1.29 is 0 Å². The van der Waals surface area contributed by atoms with E-state index >= 15 is 0 Å². The molecule has 5 heavy (non-hydrogen) atoms. The summed E-state index contributed by atoms with van der Waals surface area (Å²) in [4.78, 5) is 0. The molecule has 0 unspecified atom stereocenters. The van der Waals surface area contributed by atoms with E-state index in [-0.39, 0.29) is 51.4 Å². The molecule has 0 aliphatic rings. The Morgan fingerprint density at radius 2 is 2.00 bits per heavy atom. The fourth-order valence-corrected chi connectivity index (χ4v) is 0. The summed E-state index contributed by atoms with van der Waals surface area (Å²) in [6.45, 7) is 3.94. The zero-order chi connectivity index (χ0) is 3.41. The van der Waals surface area contributed by atoms with Gasteiger partial charge in [-0.05, 0) is 0 Å². The summed E-state index contributed by atoms with van der Waals surface area (Å²) in [6.07, 6.45) is 1.65. The van der Waals surface area contributed by atoms with Gasteiger partial charge in [-0.3, -0.25) is 0 Å². The molecule has 0 bridgehead atoms. The van der Waals surface area contributed by atoms with Crippen LogP contribution in [0.2, 0.25) is 0 Å². The third-order valence-corrected chi connectivity index (χ3v) is 0.167. The Labute approximate surface area is 75.0 Å². The van der Waals surface area contributed by atoms with Crippen LogP contribution in [-0.2, 0) is 0 Å². The molecule has 0 spiro atoms. The molecule has 0 aliphatic heterocycles. The predicted molar refractivity (Wildman–Crippen MR) is 26.4 cm³/mol. The molecule has 0 aromatic heterocycles. The maximum absolute atomic E-state index is 4.91. The third kappa shape index (κ3) is 10.9. The Morgan fingerprint density at radius 3 is 2.00 bits per heavy atom. The van der Waals surface area contributed by atoms with E-state index in [9.17, 15) is 0 Å². The molecule has 0 fully saturated rings. The molecule has 0 amide bonds. The Kier molecular flexibility index (Phi) is 17.3. The second-order valence-corrected chi connectivity index (χ2v) is 0.524. The fraction of sp³-hybridized carbons (Fsp3) is 0.333. The van der Waals surface area contributed by atoms with E-state index in [1.807, 2.05) is 0 Å². The number of rotatable bonds is 1. The molecular weight excluding hydrogens is 89.1 g/mol. The Morgan fingerprint density at radius 1 is 1.80 bits per heavy atom. The van der Waals surface area contributed by atoms with E-state index in [4.69, 9.17) is 5.73 Å². The van der Waals surface area contributed by atoms with Crippen LogP contribution in [0, 0.1) is 0 Å². The van der Waals surface area contributed by atoms with Gasteiger partial charge in [-0.2, -0.15) is 0 Å². The summed E-state index contributed by atoms with van der Waals surface area (Å²) in [7, 11) is 0. The van der Waals surface area contributed by atoms with Crippen LogP contribution < -0.4 is 5.73 Å². The van der Waals surface area contributed by atoms with E-state index in [1.54, 1.807) is 6.08 Å². The van der Waals surface area contributed by atoms with Gasteiger partial charge >= 0.3 is 51.4 Å². The summed E-state index contributed by atoms with van der Waals surface area (Å²) >= 11 is 0. The van der Waals surface area contributed by atoms with E-state index in [1.165, 1.54) is 0 Å². The quantitative estimate of drug-likeness (QED) is 0.346. The minimum absolute atomic E-state index is 0. The van der Waals surface area contributed by atoms with Gasteiger partial charge in [-0.1, -0.05) is 6.08 Å². The molecule has 0 atom stereocenters. The van der Waals surface area contributed by atoms with Gasteiger partial charge in [0.1, 0.15) is 0 Å². The predicted octanol–water partition coefficient (Wildman–Crippen LogP) is -0.517. The van der Waals surface area contributed by atoms with E-state index < -0.39 is 0 Å². The molecule has 0 radical (unpaired) electrons. The molecule has 0 rings (SSSR count). The molecule has 2 heteroatoms. The van der Waals surface area contributed by atoms with Crippen molar-refractivity contribution in [1.29, 1.82) is 0 Å². The van der Waals surface area contributed by atoms with E-state index in [0.717, 1.165) is 0 Å². The van der Waals surface area contributed by atoms with Crippen LogP contribution in [0.3, 0.4) is 0 Å². The van der Waals surface area contributed by atoms with Crippen molar-refractivity contribution in [3.05, 3.63) is 12.7 Å². The summed E-state index contributed by atoms with van der Waals surface area (Å²) < 4.78 is 0. The molecule has 0 saturated heterocycles. The summed E-state index contributed by atoms with van der Waals surface area (Å²) in [5, 5.41) is 0. The van der Waals surface area contributed by atoms with Crippen molar-refractivity contribution >= 4 is 51.4 Å². The molecule has 1 nitrogen and oxygen atoms in total. The van der Waals surface area contributed by atoms with E-state index in [2.05, 4.69) is 6.58 Å². The summed E-state index contributed by atoms with van der Waals surface area (Å²) in [6, 6.07) is 0. The first-order valence-electron chi connectivity index (χ1n) is 1.22. The Balaban J connectivity index is 0. The average molecular weight is 97.2 g/mol. The van der Waals surface area contributed by atoms with Crippen LogP contribution in [0.15, 0.2) is 12.7 Å². The van der Waals surface area contributed by atoms with Crippen molar-refractivity contribution in [2.75, 3.05) is 6.54 Å². The van der Waals surface area contributed by atoms with Gasteiger partial charge in [0, 0.05) is 6.54 Å². The van der Waals surface area contributed by atoms with Gasteiger partial charge in [-0.15, -0.1) is 6.58 Å². The topological polar surface area (TPSA) is 26.0 Å². The van der Waals surface area contributed by atoms with Crippen molar-refractivity contribution in [1.82, 2.24) is 0 Å².